The quantitative estimate of drug-likeness (QED) is 0.403. The van der Waals surface area contributed by atoms with Gasteiger partial charge in [0, 0.05) is 6.04 Å². The van der Waals surface area contributed by atoms with E-state index in [0.29, 0.717) is 0 Å². The third kappa shape index (κ3) is 6.08. The Morgan fingerprint density at radius 2 is 2.00 bits per heavy atom. The first kappa shape index (κ1) is 16.0. The molecule has 0 aromatic heterocycles. The van der Waals surface area contributed by atoms with Crippen LogP contribution in [-0.4, -0.2) is 6.10 Å². The first-order chi connectivity index (χ1) is 9.17. The van der Waals surface area contributed by atoms with Crippen molar-refractivity contribution in [3.05, 3.63) is 29.8 Å². The van der Waals surface area contributed by atoms with Crippen molar-refractivity contribution in [3.63, 3.8) is 0 Å². The van der Waals surface area contributed by atoms with Crippen molar-refractivity contribution in [3.8, 4) is 5.75 Å². The van der Waals surface area contributed by atoms with Gasteiger partial charge in [-0.05, 0) is 38.0 Å². The third-order valence-electron chi connectivity index (χ3n) is 3.18. The highest BCUT2D eigenvalue weighted by Crippen LogP contribution is 2.23. The summed E-state index contributed by atoms with van der Waals surface area (Å²) in [5.74, 6) is 6.60. The van der Waals surface area contributed by atoms with Crippen molar-refractivity contribution < 1.29 is 4.74 Å². The monoisotopic (exact) mass is 264 g/mol. The summed E-state index contributed by atoms with van der Waals surface area (Å²) in [7, 11) is 0. The Kier molecular flexibility index (Phi) is 7.53. The van der Waals surface area contributed by atoms with Gasteiger partial charge in [0.1, 0.15) is 5.75 Å². The Balaban J connectivity index is 2.59. The molecule has 3 nitrogen and oxygen atoms in total. The fourth-order valence-corrected chi connectivity index (χ4v) is 2.20. The van der Waals surface area contributed by atoms with Gasteiger partial charge in [-0.1, -0.05) is 44.7 Å². The van der Waals surface area contributed by atoms with E-state index in [4.69, 9.17) is 10.6 Å². The first-order valence-electron chi connectivity index (χ1n) is 7.40. The van der Waals surface area contributed by atoms with Crippen molar-refractivity contribution >= 4 is 0 Å². The Morgan fingerprint density at radius 3 is 2.63 bits per heavy atom. The lowest BCUT2D eigenvalue weighted by molar-refractivity contribution is 0.242. The molecule has 108 valence electrons. The zero-order chi connectivity index (χ0) is 14.1. The molecule has 0 spiro atoms. The highest BCUT2D eigenvalue weighted by Gasteiger charge is 2.10. The highest BCUT2D eigenvalue weighted by molar-refractivity contribution is 5.30. The molecule has 0 fully saturated rings. The van der Waals surface area contributed by atoms with Gasteiger partial charge >= 0.3 is 0 Å². The molecule has 1 aromatic rings. The summed E-state index contributed by atoms with van der Waals surface area (Å²) in [5, 5.41) is 0. The largest absolute Gasteiger partial charge is 0.491 e. The summed E-state index contributed by atoms with van der Waals surface area (Å²) in [6.45, 7) is 6.30. The molecule has 0 bridgehead atoms. The normalized spacial score (nSPS) is 12.7. The molecule has 0 radical (unpaired) electrons. The van der Waals surface area contributed by atoms with Crippen LogP contribution in [0.5, 0.6) is 5.75 Å². The van der Waals surface area contributed by atoms with Crippen molar-refractivity contribution in [1.29, 1.82) is 0 Å². The summed E-state index contributed by atoms with van der Waals surface area (Å²) in [6.07, 6.45) is 6.31. The number of rotatable bonds is 9. The lowest BCUT2D eigenvalue weighted by Gasteiger charge is -2.18. The van der Waals surface area contributed by atoms with Gasteiger partial charge in [0.15, 0.2) is 0 Å². The Bertz CT molecular complexity index is 352. The maximum absolute atomic E-state index is 5.72. The van der Waals surface area contributed by atoms with Gasteiger partial charge in [0.25, 0.3) is 0 Å². The zero-order valence-electron chi connectivity index (χ0n) is 12.5. The standard InChI is InChI=1S/C16H28N2O/c1-4-5-6-7-11-16(18-17)14-9-8-10-15(12-14)19-13(2)3/h8-10,12-13,16,18H,4-7,11,17H2,1-3H3. The fraction of sp³-hybridized carbons (Fsp3) is 0.625. The highest BCUT2D eigenvalue weighted by atomic mass is 16.5. The maximum Gasteiger partial charge on any atom is 0.120 e. The van der Waals surface area contributed by atoms with E-state index in [1.54, 1.807) is 0 Å². The van der Waals surface area contributed by atoms with Crippen LogP contribution in [0, 0.1) is 0 Å². The summed E-state index contributed by atoms with van der Waals surface area (Å²) in [5.41, 5.74) is 4.13. The molecule has 0 saturated heterocycles. The van der Waals surface area contributed by atoms with E-state index < -0.39 is 0 Å². The van der Waals surface area contributed by atoms with E-state index in [-0.39, 0.29) is 12.1 Å². The van der Waals surface area contributed by atoms with Gasteiger partial charge in [0.2, 0.25) is 0 Å². The van der Waals surface area contributed by atoms with Crippen LogP contribution in [0.25, 0.3) is 0 Å². The topological polar surface area (TPSA) is 47.3 Å². The summed E-state index contributed by atoms with van der Waals surface area (Å²) < 4.78 is 5.72. The summed E-state index contributed by atoms with van der Waals surface area (Å²) in [6, 6.07) is 8.44. The molecular formula is C16H28N2O. The molecule has 1 atom stereocenters. The molecular weight excluding hydrogens is 236 g/mol. The molecule has 0 heterocycles. The molecule has 1 rings (SSSR count). The second-order valence-electron chi connectivity index (χ2n) is 5.31. The van der Waals surface area contributed by atoms with Gasteiger partial charge < -0.3 is 4.74 Å². The van der Waals surface area contributed by atoms with Gasteiger partial charge in [-0.3, -0.25) is 11.3 Å². The second-order valence-corrected chi connectivity index (χ2v) is 5.31. The van der Waals surface area contributed by atoms with Gasteiger partial charge in [-0.2, -0.15) is 0 Å². The van der Waals surface area contributed by atoms with E-state index in [1.807, 2.05) is 26.0 Å². The van der Waals surface area contributed by atoms with Crippen molar-refractivity contribution in [1.82, 2.24) is 5.43 Å². The SMILES string of the molecule is CCCCCCC(NN)c1cccc(OC(C)C)c1. The van der Waals surface area contributed by atoms with Crippen molar-refractivity contribution in [2.45, 2.75) is 65.0 Å². The third-order valence-corrected chi connectivity index (χ3v) is 3.18. The van der Waals surface area contributed by atoms with E-state index in [0.717, 1.165) is 12.2 Å². The Morgan fingerprint density at radius 1 is 1.21 bits per heavy atom. The van der Waals surface area contributed by atoms with Crippen LogP contribution >= 0.6 is 0 Å². The maximum atomic E-state index is 5.72. The predicted octanol–water partition coefficient (Wildman–Crippen LogP) is 3.95. The molecule has 3 heteroatoms. The number of unbranched alkanes of at least 4 members (excludes halogenated alkanes) is 3. The smallest absolute Gasteiger partial charge is 0.120 e. The van der Waals surface area contributed by atoms with Crippen molar-refractivity contribution in [2.75, 3.05) is 0 Å². The molecule has 0 aliphatic carbocycles. The number of nitrogens with two attached hydrogens (primary N) is 1. The molecule has 0 aliphatic rings. The minimum absolute atomic E-state index is 0.198. The minimum atomic E-state index is 0.198. The molecule has 1 unspecified atom stereocenters. The number of hydrazine groups is 1. The molecule has 19 heavy (non-hydrogen) atoms. The van der Waals surface area contributed by atoms with Crippen molar-refractivity contribution in [2.24, 2.45) is 5.84 Å². The number of hydrogen-bond acceptors (Lipinski definition) is 3. The summed E-state index contributed by atoms with van der Waals surface area (Å²) >= 11 is 0. The van der Waals surface area contributed by atoms with E-state index in [9.17, 15) is 0 Å². The lowest BCUT2D eigenvalue weighted by atomic mass is 10.0. The number of benzene rings is 1. The average Bonchev–Trinajstić information content (AvgIpc) is 2.38. The number of hydrogen-bond donors (Lipinski definition) is 2. The zero-order valence-corrected chi connectivity index (χ0v) is 12.5. The van der Waals surface area contributed by atoms with Crippen LogP contribution in [0.1, 0.15) is 64.5 Å². The molecule has 1 aromatic carbocycles. The number of ether oxygens (including phenoxy) is 1. The van der Waals surface area contributed by atoms with Gasteiger partial charge in [0.05, 0.1) is 6.10 Å². The predicted molar refractivity (Wildman–Crippen MR) is 81.0 cm³/mol. The van der Waals surface area contributed by atoms with Crippen LogP contribution in [0.4, 0.5) is 0 Å². The lowest BCUT2D eigenvalue weighted by Crippen LogP contribution is -2.28. The van der Waals surface area contributed by atoms with E-state index >= 15 is 0 Å². The first-order valence-corrected chi connectivity index (χ1v) is 7.40. The van der Waals surface area contributed by atoms with Crippen LogP contribution in [-0.2, 0) is 0 Å². The van der Waals surface area contributed by atoms with Gasteiger partial charge in [-0.15, -0.1) is 0 Å². The Labute approximate surface area is 117 Å². The summed E-state index contributed by atoms with van der Waals surface area (Å²) in [4.78, 5) is 0. The van der Waals surface area contributed by atoms with Crippen LogP contribution in [0.3, 0.4) is 0 Å². The second kappa shape index (κ2) is 8.94. The minimum Gasteiger partial charge on any atom is -0.491 e. The molecule has 0 amide bonds. The van der Waals surface area contributed by atoms with E-state index in [2.05, 4.69) is 24.5 Å². The van der Waals surface area contributed by atoms with Crippen LogP contribution < -0.4 is 16.0 Å². The van der Waals surface area contributed by atoms with E-state index in [1.165, 1.54) is 31.2 Å². The molecule has 0 aliphatic heterocycles. The Hall–Kier alpha value is -1.06. The van der Waals surface area contributed by atoms with Crippen LogP contribution in [0.15, 0.2) is 24.3 Å². The van der Waals surface area contributed by atoms with Crippen LogP contribution in [0.2, 0.25) is 0 Å². The molecule has 0 saturated carbocycles. The fourth-order valence-electron chi connectivity index (χ4n) is 2.20. The number of nitrogens with one attached hydrogen (secondary N) is 1. The van der Waals surface area contributed by atoms with Gasteiger partial charge in [-0.25, -0.2) is 0 Å². The average molecular weight is 264 g/mol. The molecule has 3 N–H and O–H groups in total.